The molecule has 0 aromatic heterocycles. The van der Waals surface area contributed by atoms with Crippen molar-refractivity contribution in [2.24, 2.45) is 5.92 Å². The molecule has 1 N–H and O–H groups in total. The van der Waals surface area contributed by atoms with Gasteiger partial charge in [0.15, 0.2) is 0 Å². The van der Waals surface area contributed by atoms with Crippen molar-refractivity contribution in [2.45, 2.75) is 26.4 Å². The molecule has 0 fully saturated rings. The molecule has 1 atom stereocenters. The number of methoxy groups -OCH3 is 1. The van der Waals surface area contributed by atoms with Gasteiger partial charge < -0.3 is 9.84 Å². The topological polar surface area (TPSA) is 29.5 Å². The summed E-state index contributed by atoms with van der Waals surface area (Å²) < 4.78 is 5.23. The molecule has 0 rings (SSSR count). The van der Waals surface area contributed by atoms with E-state index in [1.807, 2.05) is 6.08 Å². The number of aliphatic hydroxyl groups excluding tert-OH is 1. The van der Waals surface area contributed by atoms with Crippen LogP contribution in [0.1, 0.15) is 20.3 Å². The molecule has 0 heterocycles. The number of hydrogen-bond donors (Lipinski definition) is 1. The van der Waals surface area contributed by atoms with E-state index in [9.17, 15) is 0 Å². The second-order valence-electron chi connectivity index (χ2n) is 2.91. The lowest BCUT2D eigenvalue weighted by molar-refractivity contribution is 0.0675. The summed E-state index contributed by atoms with van der Waals surface area (Å²) in [6.45, 7) is 4.37. The highest BCUT2D eigenvalue weighted by atomic mass is 16.5. The van der Waals surface area contributed by atoms with E-state index in [1.54, 1.807) is 13.2 Å². The molecule has 0 saturated carbocycles. The van der Waals surface area contributed by atoms with E-state index >= 15 is 0 Å². The van der Waals surface area contributed by atoms with Crippen LogP contribution in [-0.2, 0) is 4.74 Å². The Morgan fingerprint density at radius 1 is 1.36 bits per heavy atom. The SMILES string of the molecule is COC(C/C=C/CO)C(C)C. The molecule has 0 radical (unpaired) electrons. The van der Waals surface area contributed by atoms with Crippen molar-refractivity contribution in [3.63, 3.8) is 0 Å². The van der Waals surface area contributed by atoms with Crippen molar-refractivity contribution in [1.82, 2.24) is 0 Å². The quantitative estimate of drug-likeness (QED) is 0.616. The van der Waals surface area contributed by atoms with Crippen LogP contribution < -0.4 is 0 Å². The molecule has 0 aromatic rings. The maximum absolute atomic E-state index is 8.46. The van der Waals surface area contributed by atoms with E-state index in [0.717, 1.165) is 6.42 Å². The predicted octanol–water partition coefficient (Wildman–Crippen LogP) is 1.60. The number of hydrogen-bond acceptors (Lipinski definition) is 2. The van der Waals surface area contributed by atoms with Crippen LogP contribution >= 0.6 is 0 Å². The average molecular weight is 158 g/mol. The average Bonchev–Trinajstić information content (AvgIpc) is 1.97. The van der Waals surface area contributed by atoms with Gasteiger partial charge in [0.1, 0.15) is 0 Å². The normalized spacial score (nSPS) is 14.6. The Hall–Kier alpha value is -0.340. The molecular formula is C9H18O2. The van der Waals surface area contributed by atoms with Gasteiger partial charge in [-0.15, -0.1) is 0 Å². The first-order valence-electron chi connectivity index (χ1n) is 4.01. The zero-order valence-corrected chi connectivity index (χ0v) is 7.58. The molecule has 1 unspecified atom stereocenters. The number of aliphatic hydroxyl groups is 1. The molecule has 0 aromatic carbocycles. The van der Waals surface area contributed by atoms with Crippen LogP contribution in [0.4, 0.5) is 0 Å². The van der Waals surface area contributed by atoms with Crippen molar-refractivity contribution in [3.8, 4) is 0 Å². The second kappa shape index (κ2) is 6.38. The summed E-state index contributed by atoms with van der Waals surface area (Å²) in [6, 6.07) is 0. The molecule has 0 aliphatic carbocycles. The maximum Gasteiger partial charge on any atom is 0.0628 e. The van der Waals surface area contributed by atoms with E-state index in [4.69, 9.17) is 9.84 Å². The fourth-order valence-electron chi connectivity index (χ4n) is 0.945. The molecule has 66 valence electrons. The Morgan fingerprint density at radius 3 is 2.36 bits per heavy atom. The van der Waals surface area contributed by atoms with Gasteiger partial charge in [-0.25, -0.2) is 0 Å². The molecule has 11 heavy (non-hydrogen) atoms. The minimum absolute atomic E-state index is 0.120. The zero-order chi connectivity index (χ0) is 8.69. The third-order valence-corrected chi connectivity index (χ3v) is 1.69. The van der Waals surface area contributed by atoms with Gasteiger partial charge in [-0.1, -0.05) is 26.0 Å². The van der Waals surface area contributed by atoms with Crippen molar-refractivity contribution < 1.29 is 9.84 Å². The van der Waals surface area contributed by atoms with E-state index in [0.29, 0.717) is 5.92 Å². The molecule has 0 spiro atoms. The smallest absolute Gasteiger partial charge is 0.0628 e. The summed E-state index contributed by atoms with van der Waals surface area (Å²) in [4.78, 5) is 0. The highest BCUT2D eigenvalue weighted by Crippen LogP contribution is 2.09. The standard InChI is InChI=1S/C9H18O2/c1-8(2)9(11-3)6-4-5-7-10/h4-5,8-10H,6-7H2,1-3H3/b5-4+. The van der Waals surface area contributed by atoms with E-state index in [2.05, 4.69) is 13.8 Å². The maximum atomic E-state index is 8.46. The van der Waals surface area contributed by atoms with Crippen LogP contribution in [0, 0.1) is 5.92 Å². The Kier molecular flexibility index (Phi) is 6.18. The lowest BCUT2D eigenvalue weighted by Gasteiger charge is -2.16. The van der Waals surface area contributed by atoms with Crippen LogP contribution in [-0.4, -0.2) is 24.9 Å². The summed E-state index contributed by atoms with van der Waals surface area (Å²) in [5.74, 6) is 0.531. The molecule has 2 heteroatoms. The van der Waals surface area contributed by atoms with Crippen molar-refractivity contribution in [1.29, 1.82) is 0 Å². The minimum atomic E-state index is 0.120. The van der Waals surface area contributed by atoms with E-state index in [1.165, 1.54) is 0 Å². The van der Waals surface area contributed by atoms with Gasteiger partial charge in [-0.3, -0.25) is 0 Å². The van der Waals surface area contributed by atoms with E-state index in [-0.39, 0.29) is 12.7 Å². The first-order valence-corrected chi connectivity index (χ1v) is 4.01. The van der Waals surface area contributed by atoms with E-state index < -0.39 is 0 Å². The van der Waals surface area contributed by atoms with Crippen LogP contribution in [0.3, 0.4) is 0 Å². The Labute approximate surface area is 68.9 Å². The largest absolute Gasteiger partial charge is 0.392 e. The highest BCUT2D eigenvalue weighted by molar-refractivity contribution is 4.84. The van der Waals surface area contributed by atoms with Gasteiger partial charge in [0.2, 0.25) is 0 Å². The lowest BCUT2D eigenvalue weighted by atomic mass is 10.0. The summed E-state index contributed by atoms with van der Waals surface area (Å²) in [5, 5.41) is 8.46. The third kappa shape index (κ3) is 4.99. The summed E-state index contributed by atoms with van der Waals surface area (Å²) >= 11 is 0. The first-order chi connectivity index (χ1) is 5.22. The van der Waals surface area contributed by atoms with Gasteiger partial charge >= 0.3 is 0 Å². The van der Waals surface area contributed by atoms with Gasteiger partial charge in [-0.05, 0) is 12.3 Å². The van der Waals surface area contributed by atoms with Gasteiger partial charge in [-0.2, -0.15) is 0 Å². The Morgan fingerprint density at radius 2 is 2.00 bits per heavy atom. The summed E-state index contributed by atoms with van der Waals surface area (Å²) in [7, 11) is 1.72. The highest BCUT2D eigenvalue weighted by Gasteiger charge is 2.08. The van der Waals surface area contributed by atoms with Crippen molar-refractivity contribution in [3.05, 3.63) is 12.2 Å². The van der Waals surface area contributed by atoms with Crippen LogP contribution in [0.25, 0.3) is 0 Å². The lowest BCUT2D eigenvalue weighted by Crippen LogP contribution is -2.16. The summed E-state index contributed by atoms with van der Waals surface area (Å²) in [6.07, 6.45) is 4.86. The van der Waals surface area contributed by atoms with Gasteiger partial charge in [0, 0.05) is 7.11 Å². The molecule has 0 aliphatic rings. The first kappa shape index (κ1) is 10.7. The molecule has 0 saturated heterocycles. The molecule has 0 bridgehead atoms. The predicted molar refractivity (Wildman–Crippen MR) is 46.5 cm³/mol. The monoisotopic (exact) mass is 158 g/mol. The third-order valence-electron chi connectivity index (χ3n) is 1.69. The second-order valence-corrected chi connectivity index (χ2v) is 2.91. The summed E-state index contributed by atoms with van der Waals surface area (Å²) in [5.41, 5.74) is 0. The molecular weight excluding hydrogens is 140 g/mol. The van der Waals surface area contributed by atoms with Gasteiger partial charge in [0.25, 0.3) is 0 Å². The number of ether oxygens (including phenoxy) is 1. The van der Waals surface area contributed by atoms with Crippen LogP contribution in [0.2, 0.25) is 0 Å². The van der Waals surface area contributed by atoms with Crippen LogP contribution in [0.15, 0.2) is 12.2 Å². The van der Waals surface area contributed by atoms with Gasteiger partial charge in [0.05, 0.1) is 12.7 Å². The minimum Gasteiger partial charge on any atom is -0.392 e. The van der Waals surface area contributed by atoms with Crippen molar-refractivity contribution in [2.75, 3.05) is 13.7 Å². The molecule has 0 aliphatic heterocycles. The molecule has 2 nitrogen and oxygen atoms in total. The fourth-order valence-corrected chi connectivity index (χ4v) is 0.945. The number of rotatable bonds is 5. The zero-order valence-electron chi connectivity index (χ0n) is 7.58. The Bertz CT molecular complexity index is 108. The molecule has 0 amide bonds. The Balaban J connectivity index is 3.60. The van der Waals surface area contributed by atoms with Crippen molar-refractivity contribution >= 4 is 0 Å². The fraction of sp³-hybridized carbons (Fsp3) is 0.778. The van der Waals surface area contributed by atoms with Crippen LogP contribution in [0.5, 0.6) is 0 Å².